The van der Waals surface area contributed by atoms with E-state index in [4.69, 9.17) is 10.5 Å². The van der Waals surface area contributed by atoms with E-state index in [0.717, 1.165) is 43.7 Å². The highest BCUT2D eigenvalue weighted by Gasteiger charge is 2.23. The first-order valence-corrected chi connectivity index (χ1v) is 11.6. The van der Waals surface area contributed by atoms with E-state index in [2.05, 4.69) is 15.3 Å². The molecule has 1 amide bonds. The van der Waals surface area contributed by atoms with E-state index < -0.39 is 17.5 Å². The monoisotopic (exact) mass is 466 g/mol. The van der Waals surface area contributed by atoms with Crippen LogP contribution in [0.4, 0.5) is 20.2 Å². The van der Waals surface area contributed by atoms with Gasteiger partial charge in [0.1, 0.15) is 17.3 Å². The average Bonchev–Trinajstić information content (AvgIpc) is 2.84. The first-order valence-electron chi connectivity index (χ1n) is 11.6. The zero-order chi connectivity index (χ0) is 24.1. The molecule has 4 rings (SSSR count). The largest absolute Gasteiger partial charge is 0.494 e. The lowest BCUT2D eigenvalue weighted by atomic mass is 9.84. The molecule has 1 aliphatic rings. The Bertz CT molecular complexity index is 1180. The summed E-state index contributed by atoms with van der Waals surface area (Å²) in [5.41, 5.74) is 6.79. The van der Waals surface area contributed by atoms with Crippen molar-refractivity contribution in [3.05, 3.63) is 65.6 Å². The van der Waals surface area contributed by atoms with Crippen LogP contribution in [-0.2, 0) is 0 Å². The summed E-state index contributed by atoms with van der Waals surface area (Å²) in [5.74, 6) is -1.40. The summed E-state index contributed by atoms with van der Waals surface area (Å²) in [4.78, 5) is 21.4. The van der Waals surface area contributed by atoms with Gasteiger partial charge in [0.15, 0.2) is 11.5 Å². The van der Waals surface area contributed by atoms with Crippen LogP contribution in [0.5, 0.6) is 5.75 Å². The number of pyridine rings is 2. The van der Waals surface area contributed by atoms with Gasteiger partial charge in [-0.25, -0.2) is 13.8 Å². The molecule has 8 heteroatoms. The highest BCUT2D eigenvalue weighted by molar-refractivity contribution is 6.06. The molecule has 3 N–H and O–H groups in total. The maximum Gasteiger partial charge on any atom is 0.276 e. The Morgan fingerprint density at radius 2 is 1.94 bits per heavy atom. The Kier molecular flexibility index (Phi) is 7.35. The predicted molar refractivity (Wildman–Crippen MR) is 128 cm³/mol. The van der Waals surface area contributed by atoms with Crippen molar-refractivity contribution in [2.45, 2.75) is 51.4 Å². The molecule has 0 atom stereocenters. The van der Waals surface area contributed by atoms with Crippen LogP contribution in [0.15, 0.2) is 42.7 Å². The normalized spacial score (nSPS) is 14.1. The molecule has 1 fully saturated rings. The summed E-state index contributed by atoms with van der Waals surface area (Å²) in [6.45, 7) is 2.38. The zero-order valence-corrected chi connectivity index (χ0v) is 19.1. The van der Waals surface area contributed by atoms with Crippen molar-refractivity contribution in [1.82, 2.24) is 9.97 Å². The predicted octanol–water partition coefficient (Wildman–Crippen LogP) is 6.09. The second-order valence-electron chi connectivity index (χ2n) is 8.50. The number of nitrogens with two attached hydrogens (primary N) is 1. The maximum atomic E-state index is 14.8. The zero-order valence-electron chi connectivity index (χ0n) is 19.1. The fourth-order valence-corrected chi connectivity index (χ4v) is 4.33. The number of benzene rings is 1. The molecule has 6 nitrogen and oxygen atoms in total. The first kappa shape index (κ1) is 23.6. The van der Waals surface area contributed by atoms with Crippen molar-refractivity contribution in [3.63, 3.8) is 0 Å². The number of nitrogens with one attached hydrogen (secondary N) is 1. The van der Waals surface area contributed by atoms with E-state index in [-0.39, 0.29) is 22.6 Å². The van der Waals surface area contributed by atoms with Gasteiger partial charge in [-0.2, -0.15) is 0 Å². The van der Waals surface area contributed by atoms with Crippen LogP contribution in [0.2, 0.25) is 0 Å². The number of rotatable bonds is 7. The number of carbonyl (C=O) groups is 1. The highest BCUT2D eigenvalue weighted by Crippen LogP contribution is 2.36. The van der Waals surface area contributed by atoms with E-state index >= 15 is 0 Å². The fourth-order valence-electron chi connectivity index (χ4n) is 4.33. The Hall–Kier alpha value is -3.55. The van der Waals surface area contributed by atoms with Gasteiger partial charge in [0, 0.05) is 17.8 Å². The summed E-state index contributed by atoms with van der Waals surface area (Å²) in [6.07, 6.45) is 9.65. The first-order chi connectivity index (χ1) is 16.5. The van der Waals surface area contributed by atoms with Gasteiger partial charge in [0.25, 0.3) is 5.91 Å². The number of halogens is 2. The van der Waals surface area contributed by atoms with Crippen LogP contribution in [0.1, 0.15) is 67.4 Å². The molecule has 0 bridgehead atoms. The molecule has 1 aromatic carbocycles. The second kappa shape index (κ2) is 10.6. The third-order valence-electron chi connectivity index (χ3n) is 6.03. The van der Waals surface area contributed by atoms with Crippen LogP contribution >= 0.6 is 0 Å². The topological polar surface area (TPSA) is 90.1 Å². The minimum absolute atomic E-state index is 0.107. The number of hydrogen-bond acceptors (Lipinski definition) is 5. The number of nitrogen functional groups attached to an aromatic ring is 1. The van der Waals surface area contributed by atoms with Gasteiger partial charge in [0.2, 0.25) is 0 Å². The average molecular weight is 467 g/mol. The molecule has 3 aromatic rings. The maximum absolute atomic E-state index is 14.8. The molecule has 0 aliphatic heterocycles. The Labute approximate surface area is 197 Å². The Morgan fingerprint density at radius 3 is 2.71 bits per heavy atom. The lowest BCUT2D eigenvalue weighted by molar-refractivity contribution is 0.102. The number of amides is 1. The standard InChI is InChI=1S/C26H28F2N4O2/c1-2-12-34-17-8-9-20(27)19(13-17)24-21(28)14-22(29)25(32-24)26(33)31-23-15-30-11-10-18(23)16-6-4-3-5-7-16/h8-11,13-16H,2-7,12,29H2,1H3,(H,31,33). The van der Waals surface area contributed by atoms with Gasteiger partial charge in [-0.05, 0) is 55.0 Å². The van der Waals surface area contributed by atoms with Crippen molar-refractivity contribution in [2.75, 3.05) is 17.7 Å². The molecule has 178 valence electrons. The van der Waals surface area contributed by atoms with Crippen molar-refractivity contribution >= 4 is 17.3 Å². The Morgan fingerprint density at radius 1 is 1.15 bits per heavy atom. The van der Waals surface area contributed by atoms with Crippen molar-refractivity contribution < 1.29 is 18.3 Å². The van der Waals surface area contributed by atoms with E-state index in [1.807, 2.05) is 13.0 Å². The number of anilines is 2. The van der Waals surface area contributed by atoms with E-state index in [1.165, 1.54) is 24.6 Å². The number of hydrogen-bond donors (Lipinski definition) is 2. The minimum atomic E-state index is -0.829. The smallest absolute Gasteiger partial charge is 0.276 e. The number of ether oxygens (including phenoxy) is 1. The summed E-state index contributed by atoms with van der Waals surface area (Å²) >= 11 is 0. The molecule has 0 unspecified atom stereocenters. The number of aromatic nitrogens is 2. The van der Waals surface area contributed by atoms with Gasteiger partial charge in [-0.1, -0.05) is 26.2 Å². The van der Waals surface area contributed by atoms with Crippen LogP contribution in [0, 0.1) is 11.6 Å². The SMILES string of the molecule is CCCOc1ccc(F)c(-c2nc(C(=O)Nc3cnccc3C3CCCCC3)c(N)cc2F)c1. The lowest BCUT2D eigenvalue weighted by Crippen LogP contribution is -2.19. The summed E-state index contributed by atoms with van der Waals surface area (Å²) < 4.78 is 34.9. The van der Waals surface area contributed by atoms with E-state index in [9.17, 15) is 13.6 Å². The van der Waals surface area contributed by atoms with Crippen molar-refractivity contribution in [3.8, 4) is 17.0 Å². The Balaban J connectivity index is 1.66. The molecular weight excluding hydrogens is 438 g/mol. The quantitative estimate of drug-likeness (QED) is 0.440. The third-order valence-corrected chi connectivity index (χ3v) is 6.03. The van der Waals surface area contributed by atoms with Crippen LogP contribution in [0.3, 0.4) is 0 Å². The molecule has 1 saturated carbocycles. The van der Waals surface area contributed by atoms with Crippen molar-refractivity contribution in [1.29, 1.82) is 0 Å². The van der Waals surface area contributed by atoms with Gasteiger partial charge in [0.05, 0.1) is 24.2 Å². The molecule has 0 radical (unpaired) electrons. The van der Waals surface area contributed by atoms with Gasteiger partial charge in [-0.15, -0.1) is 0 Å². The van der Waals surface area contributed by atoms with Crippen LogP contribution in [0.25, 0.3) is 11.3 Å². The number of nitrogens with zero attached hydrogens (tertiary/aromatic N) is 2. The van der Waals surface area contributed by atoms with E-state index in [0.29, 0.717) is 24.0 Å². The summed E-state index contributed by atoms with van der Waals surface area (Å²) in [6, 6.07) is 6.92. The highest BCUT2D eigenvalue weighted by atomic mass is 19.1. The second-order valence-corrected chi connectivity index (χ2v) is 8.50. The van der Waals surface area contributed by atoms with Crippen LogP contribution < -0.4 is 15.8 Å². The van der Waals surface area contributed by atoms with Gasteiger partial charge >= 0.3 is 0 Å². The molecule has 1 aliphatic carbocycles. The molecule has 0 saturated heterocycles. The van der Waals surface area contributed by atoms with Crippen molar-refractivity contribution in [2.24, 2.45) is 0 Å². The van der Waals surface area contributed by atoms with Gasteiger partial charge < -0.3 is 15.8 Å². The fraction of sp³-hybridized carbons (Fsp3) is 0.346. The van der Waals surface area contributed by atoms with Crippen LogP contribution in [-0.4, -0.2) is 22.5 Å². The molecule has 2 heterocycles. The molecular formula is C26H28F2N4O2. The molecule has 0 spiro atoms. The summed E-state index contributed by atoms with van der Waals surface area (Å²) in [7, 11) is 0. The lowest BCUT2D eigenvalue weighted by Gasteiger charge is -2.24. The number of carbonyl (C=O) groups excluding carboxylic acids is 1. The molecule has 34 heavy (non-hydrogen) atoms. The van der Waals surface area contributed by atoms with Gasteiger partial charge in [-0.3, -0.25) is 9.78 Å². The summed E-state index contributed by atoms with van der Waals surface area (Å²) in [5, 5.41) is 2.83. The molecule has 2 aromatic heterocycles. The minimum Gasteiger partial charge on any atom is -0.494 e. The van der Waals surface area contributed by atoms with E-state index in [1.54, 1.807) is 12.4 Å². The third kappa shape index (κ3) is 5.16.